The van der Waals surface area contributed by atoms with Crippen molar-refractivity contribution in [3.63, 3.8) is 0 Å². The van der Waals surface area contributed by atoms with Crippen LogP contribution in [0.25, 0.3) is 11.3 Å². The molecular formula is C20H17F2N7O. The Kier molecular flexibility index (Phi) is 5.10. The number of amides is 1. The Morgan fingerprint density at radius 2 is 2.10 bits per heavy atom. The summed E-state index contributed by atoms with van der Waals surface area (Å²) in [4.78, 5) is 20.1. The number of nitrogens with one attached hydrogen (secondary N) is 2. The van der Waals surface area contributed by atoms with Crippen LogP contribution in [0, 0.1) is 23.0 Å². The predicted molar refractivity (Wildman–Crippen MR) is 104 cm³/mol. The molecule has 152 valence electrons. The molecule has 1 fully saturated rings. The van der Waals surface area contributed by atoms with Gasteiger partial charge in [0.2, 0.25) is 5.95 Å². The van der Waals surface area contributed by atoms with E-state index in [-0.39, 0.29) is 22.8 Å². The van der Waals surface area contributed by atoms with E-state index in [1.165, 1.54) is 19.1 Å². The fourth-order valence-electron chi connectivity index (χ4n) is 2.85. The number of hydrogen-bond donors (Lipinski definition) is 2. The Hall–Kier alpha value is -3.87. The maximum absolute atomic E-state index is 14.5. The zero-order valence-corrected chi connectivity index (χ0v) is 15.9. The lowest BCUT2D eigenvalue weighted by molar-refractivity contribution is 0.0944. The first-order valence-corrected chi connectivity index (χ1v) is 9.28. The highest BCUT2D eigenvalue weighted by Gasteiger charge is 2.24. The number of anilines is 2. The number of nitrogens with zero attached hydrogens (tertiary/aromatic N) is 5. The maximum atomic E-state index is 14.5. The van der Waals surface area contributed by atoms with Crippen LogP contribution in [0.2, 0.25) is 0 Å². The third kappa shape index (κ3) is 4.10. The lowest BCUT2D eigenvalue weighted by atomic mass is 10.1. The highest BCUT2D eigenvalue weighted by atomic mass is 19.1. The number of hydrogen-bond acceptors (Lipinski definition) is 6. The van der Waals surface area contributed by atoms with Crippen LogP contribution in [0.4, 0.5) is 20.4 Å². The third-order valence-corrected chi connectivity index (χ3v) is 4.55. The summed E-state index contributed by atoms with van der Waals surface area (Å²) < 4.78 is 30.6. The number of rotatable bonds is 6. The summed E-state index contributed by atoms with van der Waals surface area (Å²) in [5, 5.41) is 18.3. The van der Waals surface area contributed by atoms with Crippen molar-refractivity contribution in [2.45, 2.75) is 31.8 Å². The quantitative estimate of drug-likeness (QED) is 0.646. The number of nitriles is 1. The summed E-state index contributed by atoms with van der Waals surface area (Å²) in [5.41, 5.74) is 0.442. The van der Waals surface area contributed by atoms with Crippen LogP contribution in [0.15, 0.2) is 36.8 Å². The number of halogens is 2. The van der Waals surface area contributed by atoms with E-state index in [4.69, 9.17) is 5.26 Å². The number of carbonyl (C=O) groups excluding carboxylic acids is 1. The molecule has 2 N–H and O–H groups in total. The zero-order valence-electron chi connectivity index (χ0n) is 15.9. The lowest BCUT2D eigenvalue weighted by Crippen LogP contribution is -2.31. The molecule has 0 saturated heterocycles. The van der Waals surface area contributed by atoms with Crippen LogP contribution in [-0.2, 0) is 0 Å². The first-order chi connectivity index (χ1) is 14.4. The van der Waals surface area contributed by atoms with Crippen molar-refractivity contribution < 1.29 is 13.6 Å². The Labute approximate surface area is 170 Å². The van der Waals surface area contributed by atoms with Gasteiger partial charge in [0.25, 0.3) is 5.91 Å². The van der Waals surface area contributed by atoms with Gasteiger partial charge in [-0.25, -0.2) is 18.7 Å². The first-order valence-electron chi connectivity index (χ1n) is 9.28. The van der Waals surface area contributed by atoms with Crippen molar-refractivity contribution in [3.05, 3.63) is 54.0 Å². The van der Waals surface area contributed by atoms with Crippen LogP contribution in [0.3, 0.4) is 0 Å². The predicted octanol–water partition coefficient (Wildman–Crippen LogP) is 3.34. The van der Waals surface area contributed by atoms with Crippen LogP contribution in [0.5, 0.6) is 0 Å². The van der Waals surface area contributed by atoms with Gasteiger partial charge in [-0.1, -0.05) is 6.07 Å². The highest BCUT2D eigenvalue weighted by molar-refractivity contribution is 5.95. The van der Waals surface area contributed by atoms with Gasteiger partial charge in [-0.15, -0.1) is 0 Å². The molecule has 1 aliphatic rings. The van der Waals surface area contributed by atoms with Gasteiger partial charge in [-0.2, -0.15) is 10.4 Å². The summed E-state index contributed by atoms with van der Waals surface area (Å²) in [6.45, 7) is 1.48. The molecule has 1 saturated carbocycles. The van der Waals surface area contributed by atoms with Crippen molar-refractivity contribution >= 4 is 17.5 Å². The van der Waals surface area contributed by atoms with Gasteiger partial charge >= 0.3 is 0 Å². The fourth-order valence-corrected chi connectivity index (χ4v) is 2.85. The van der Waals surface area contributed by atoms with E-state index in [9.17, 15) is 13.6 Å². The SMILES string of the molecule is CC(C#N)NC(=O)c1ccc(-c2nc(Nc3cnn(C4CC4)c3)ncc2F)cc1F. The molecule has 1 aromatic carbocycles. The minimum absolute atomic E-state index is 0.113. The normalized spacial score (nSPS) is 14.1. The van der Waals surface area contributed by atoms with Crippen LogP contribution in [-0.4, -0.2) is 31.7 Å². The van der Waals surface area contributed by atoms with Crippen LogP contribution in [0.1, 0.15) is 36.2 Å². The fraction of sp³-hybridized carbons (Fsp3) is 0.250. The van der Waals surface area contributed by atoms with E-state index >= 15 is 0 Å². The Balaban J connectivity index is 1.57. The lowest BCUT2D eigenvalue weighted by Gasteiger charge is -2.10. The third-order valence-electron chi connectivity index (χ3n) is 4.55. The molecule has 1 unspecified atom stereocenters. The van der Waals surface area contributed by atoms with E-state index in [2.05, 4.69) is 25.7 Å². The molecule has 1 aliphatic carbocycles. The average molecular weight is 409 g/mol. The summed E-state index contributed by atoms with van der Waals surface area (Å²) in [6, 6.07) is 5.11. The Morgan fingerprint density at radius 3 is 2.80 bits per heavy atom. The van der Waals surface area contributed by atoms with Crippen molar-refractivity contribution in [2.75, 3.05) is 5.32 Å². The molecule has 0 aliphatic heterocycles. The van der Waals surface area contributed by atoms with E-state index in [0.29, 0.717) is 11.7 Å². The Morgan fingerprint density at radius 1 is 1.30 bits per heavy atom. The maximum Gasteiger partial charge on any atom is 0.255 e. The molecular weight excluding hydrogens is 392 g/mol. The topological polar surface area (TPSA) is 109 Å². The number of aromatic nitrogens is 4. The molecule has 3 aromatic rings. The van der Waals surface area contributed by atoms with Crippen LogP contribution < -0.4 is 10.6 Å². The van der Waals surface area contributed by atoms with Crippen molar-refractivity contribution in [3.8, 4) is 17.3 Å². The smallest absolute Gasteiger partial charge is 0.255 e. The molecule has 1 amide bonds. The Bertz CT molecular complexity index is 1150. The monoisotopic (exact) mass is 409 g/mol. The van der Waals surface area contributed by atoms with Crippen molar-refractivity contribution in [1.29, 1.82) is 5.26 Å². The molecule has 2 heterocycles. The average Bonchev–Trinajstić information content (AvgIpc) is 3.48. The molecule has 0 bridgehead atoms. The van der Waals surface area contributed by atoms with E-state index in [0.717, 1.165) is 25.1 Å². The molecule has 8 nitrogen and oxygen atoms in total. The van der Waals surface area contributed by atoms with Crippen LogP contribution >= 0.6 is 0 Å². The van der Waals surface area contributed by atoms with Gasteiger partial charge in [0.15, 0.2) is 5.82 Å². The van der Waals surface area contributed by atoms with Gasteiger partial charge < -0.3 is 10.6 Å². The largest absolute Gasteiger partial charge is 0.336 e. The second-order valence-corrected chi connectivity index (χ2v) is 6.97. The van der Waals surface area contributed by atoms with E-state index in [1.807, 2.05) is 16.9 Å². The summed E-state index contributed by atoms with van der Waals surface area (Å²) in [7, 11) is 0. The van der Waals surface area contributed by atoms with Gasteiger partial charge in [-0.05, 0) is 31.9 Å². The summed E-state index contributed by atoms with van der Waals surface area (Å²) in [6.07, 6.45) is 6.61. The summed E-state index contributed by atoms with van der Waals surface area (Å²) in [5.74, 6) is -2.18. The standard InChI is InChI=1S/C20H17F2N7O/c1-11(7-23)26-19(30)15-5-2-12(6-16(15)21)18-17(22)9-24-20(28-18)27-13-8-25-29(10-13)14-3-4-14/h2,5-6,8-11,14H,3-4H2,1H3,(H,26,30)(H,24,27,28). The second kappa shape index (κ2) is 7.87. The van der Waals surface area contributed by atoms with Gasteiger partial charge in [-0.3, -0.25) is 9.48 Å². The minimum atomic E-state index is -0.853. The number of benzene rings is 1. The highest BCUT2D eigenvalue weighted by Crippen LogP contribution is 2.34. The second-order valence-electron chi connectivity index (χ2n) is 6.97. The zero-order chi connectivity index (χ0) is 21.3. The molecule has 1 atom stereocenters. The molecule has 0 spiro atoms. The van der Waals surface area contributed by atoms with Gasteiger partial charge in [0.1, 0.15) is 17.6 Å². The molecule has 30 heavy (non-hydrogen) atoms. The van der Waals surface area contributed by atoms with Gasteiger partial charge in [0, 0.05) is 11.8 Å². The molecule has 10 heteroatoms. The van der Waals surface area contributed by atoms with E-state index in [1.54, 1.807) is 6.20 Å². The summed E-state index contributed by atoms with van der Waals surface area (Å²) >= 11 is 0. The molecule has 0 radical (unpaired) electrons. The molecule has 2 aromatic heterocycles. The van der Waals surface area contributed by atoms with Crippen molar-refractivity contribution in [1.82, 2.24) is 25.1 Å². The van der Waals surface area contributed by atoms with Gasteiger partial charge in [0.05, 0.1) is 35.8 Å². The van der Waals surface area contributed by atoms with Crippen molar-refractivity contribution in [2.24, 2.45) is 0 Å². The molecule has 4 rings (SSSR count). The van der Waals surface area contributed by atoms with E-state index < -0.39 is 23.6 Å². The first kappa shape index (κ1) is 19.4. The minimum Gasteiger partial charge on any atom is -0.336 e. The number of carbonyl (C=O) groups is 1.